The summed E-state index contributed by atoms with van der Waals surface area (Å²) in [6.07, 6.45) is 0. The van der Waals surface area contributed by atoms with E-state index in [-0.39, 0.29) is 0 Å². The summed E-state index contributed by atoms with van der Waals surface area (Å²) in [5.74, 6) is 0. The number of hydrogen-bond acceptors (Lipinski definition) is 5. The topological polar surface area (TPSA) is 50.7 Å². The van der Waals surface area contributed by atoms with Crippen LogP contribution in [0, 0.1) is 13.8 Å². The van der Waals surface area contributed by atoms with E-state index < -0.39 is 0 Å². The number of aryl methyl sites for hydroxylation is 2. The monoisotopic (exact) mass is 270 g/mol. The summed E-state index contributed by atoms with van der Waals surface area (Å²) >= 11 is 1.57. The number of aromatic nitrogens is 3. The average Bonchev–Trinajstić information content (AvgIpc) is 2.81. The van der Waals surface area contributed by atoms with Crippen LogP contribution in [0.4, 0.5) is 5.13 Å². The van der Waals surface area contributed by atoms with Gasteiger partial charge in [0.15, 0.2) is 0 Å². The van der Waals surface area contributed by atoms with Gasteiger partial charge >= 0.3 is 0 Å². The van der Waals surface area contributed by atoms with Crippen LogP contribution in [-0.4, -0.2) is 15.2 Å². The fourth-order valence-corrected chi connectivity index (χ4v) is 2.67. The molecule has 3 aromatic rings. The number of benzene rings is 1. The summed E-state index contributed by atoms with van der Waals surface area (Å²) in [7, 11) is 0. The molecule has 0 atom stereocenters. The number of nitrogens with zero attached hydrogens (tertiary/aromatic N) is 3. The van der Waals surface area contributed by atoms with Crippen molar-refractivity contribution in [1.82, 2.24) is 15.2 Å². The minimum atomic E-state index is 0.735. The van der Waals surface area contributed by atoms with E-state index in [4.69, 9.17) is 0 Å². The molecule has 5 heteroatoms. The van der Waals surface area contributed by atoms with Crippen molar-refractivity contribution in [3.63, 3.8) is 0 Å². The van der Waals surface area contributed by atoms with E-state index in [2.05, 4.69) is 32.6 Å². The molecule has 0 saturated carbocycles. The molecule has 3 rings (SSSR count). The van der Waals surface area contributed by atoms with Gasteiger partial charge in [0, 0.05) is 17.6 Å². The van der Waals surface area contributed by atoms with E-state index in [0.717, 1.165) is 27.9 Å². The molecule has 1 N–H and O–H groups in total. The molecule has 0 unspecified atom stereocenters. The van der Waals surface area contributed by atoms with Gasteiger partial charge < -0.3 is 5.32 Å². The lowest BCUT2D eigenvalue weighted by molar-refractivity contribution is 1.02. The van der Waals surface area contributed by atoms with Gasteiger partial charge in [-0.3, -0.25) is 4.98 Å². The number of rotatable bonds is 3. The fourth-order valence-electron chi connectivity index (χ4n) is 2.08. The van der Waals surface area contributed by atoms with Crippen molar-refractivity contribution in [1.29, 1.82) is 0 Å². The molecule has 0 bridgehead atoms. The Morgan fingerprint density at radius 2 is 2.00 bits per heavy atom. The third kappa shape index (κ3) is 2.56. The maximum absolute atomic E-state index is 4.54. The summed E-state index contributed by atoms with van der Waals surface area (Å²) in [5.41, 5.74) is 3.30. The van der Waals surface area contributed by atoms with Crippen molar-refractivity contribution in [3.8, 4) is 0 Å². The van der Waals surface area contributed by atoms with E-state index in [1.54, 1.807) is 11.3 Å². The highest BCUT2D eigenvalue weighted by molar-refractivity contribution is 7.15. The second-order valence-electron chi connectivity index (χ2n) is 4.42. The Hall–Kier alpha value is -2.01. The molecule has 0 saturated heterocycles. The Bertz CT molecular complexity index is 720. The minimum Gasteiger partial charge on any atom is -0.356 e. The first-order chi connectivity index (χ1) is 9.22. The first kappa shape index (κ1) is 12.0. The van der Waals surface area contributed by atoms with Crippen molar-refractivity contribution in [2.24, 2.45) is 0 Å². The molecule has 0 aliphatic heterocycles. The zero-order chi connectivity index (χ0) is 13.2. The number of fused-ring (bicyclic) bond motifs is 1. The van der Waals surface area contributed by atoms with Crippen LogP contribution in [0.5, 0.6) is 0 Å². The van der Waals surface area contributed by atoms with Gasteiger partial charge in [-0.1, -0.05) is 29.5 Å². The third-order valence-electron chi connectivity index (χ3n) is 2.89. The van der Waals surface area contributed by atoms with Crippen LogP contribution < -0.4 is 5.32 Å². The number of hydrogen-bond donors (Lipinski definition) is 1. The highest BCUT2D eigenvalue weighted by Crippen LogP contribution is 2.20. The number of para-hydroxylation sites is 1. The average molecular weight is 270 g/mol. The van der Waals surface area contributed by atoms with Crippen LogP contribution in [0.2, 0.25) is 0 Å². The Labute approximate surface area is 115 Å². The van der Waals surface area contributed by atoms with Crippen LogP contribution in [0.3, 0.4) is 0 Å². The minimum absolute atomic E-state index is 0.735. The molecule has 4 nitrogen and oxygen atoms in total. The maximum atomic E-state index is 4.54. The SMILES string of the molecule is Cc1cc(CNc2nnc(C)s2)c2ccccc2n1. The van der Waals surface area contributed by atoms with Gasteiger partial charge in [-0.05, 0) is 31.5 Å². The van der Waals surface area contributed by atoms with Crippen LogP contribution in [0.1, 0.15) is 16.3 Å². The molecule has 1 aromatic carbocycles. The van der Waals surface area contributed by atoms with Crippen LogP contribution in [-0.2, 0) is 6.54 Å². The molecule has 0 spiro atoms. The number of anilines is 1. The van der Waals surface area contributed by atoms with Crippen molar-refractivity contribution in [2.75, 3.05) is 5.32 Å². The van der Waals surface area contributed by atoms with Crippen LogP contribution >= 0.6 is 11.3 Å². The predicted octanol–water partition coefficient (Wildman–Crippen LogP) is 3.32. The van der Waals surface area contributed by atoms with E-state index in [9.17, 15) is 0 Å². The number of nitrogens with one attached hydrogen (secondary N) is 1. The van der Waals surface area contributed by atoms with Gasteiger partial charge in [-0.25, -0.2) is 0 Å². The summed E-state index contributed by atoms with van der Waals surface area (Å²) in [6.45, 7) is 4.71. The van der Waals surface area contributed by atoms with Gasteiger partial charge in [0.2, 0.25) is 5.13 Å². The molecule has 0 fully saturated rings. The first-order valence-corrected chi connectivity index (χ1v) is 6.93. The normalized spacial score (nSPS) is 10.8. The van der Waals surface area contributed by atoms with E-state index >= 15 is 0 Å². The van der Waals surface area contributed by atoms with E-state index in [1.807, 2.05) is 32.0 Å². The Balaban J connectivity index is 1.91. The molecule has 2 aromatic heterocycles. The molecular weight excluding hydrogens is 256 g/mol. The lowest BCUT2D eigenvalue weighted by Gasteiger charge is -2.08. The Morgan fingerprint density at radius 1 is 1.16 bits per heavy atom. The van der Waals surface area contributed by atoms with Gasteiger partial charge in [-0.15, -0.1) is 10.2 Å². The highest BCUT2D eigenvalue weighted by Gasteiger charge is 2.05. The summed E-state index contributed by atoms with van der Waals surface area (Å²) in [6, 6.07) is 10.3. The molecule has 0 amide bonds. The molecule has 96 valence electrons. The molecular formula is C14H14N4S. The standard InChI is InChI=1S/C14H14N4S/c1-9-7-11(8-15-14-18-17-10(2)19-14)12-5-3-4-6-13(12)16-9/h3-7H,8H2,1-2H3,(H,15,18). The van der Waals surface area contributed by atoms with Crippen molar-refractivity contribution in [2.45, 2.75) is 20.4 Å². The zero-order valence-corrected chi connectivity index (χ0v) is 11.7. The van der Waals surface area contributed by atoms with Gasteiger partial charge in [0.05, 0.1) is 5.52 Å². The Morgan fingerprint density at radius 3 is 2.79 bits per heavy atom. The third-order valence-corrected chi connectivity index (χ3v) is 3.68. The number of pyridine rings is 1. The predicted molar refractivity (Wildman–Crippen MR) is 78.5 cm³/mol. The summed E-state index contributed by atoms with van der Waals surface area (Å²) < 4.78 is 0. The molecule has 0 aliphatic carbocycles. The van der Waals surface area contributed by atoms with Crippen molar-refractivity contribution in [3.05, 3.63) is 46.6 Å². The molecule has 2 heterocycles. The van der Waals surface area contributed by atoms with Crippen molar-refractivity contribution >= 4 is 27.4 Å². The fraction of sp³-hybridized carbons (Fsp3) is 0.214. The molecule has 0 radical (unpaired) electrons. The molecule has 0 aliphatic rings. The van der Waals surface area contributed by atoms with Gasteiger partial charge in [-0.2, -0.15) is 0 Å². The second-order valence-corrected chi connectivity index (χ2v) is 5.60. The highest BCUT2D eigenvalue weighted by atomic mass is 32.1. The lowest BCUT2D eigenvalue weighted by Crippen LogP contribution is -2.01. The first-order valence-electron chi connectivity index (χ1n) is 6.11. The van der Waals surface area contributed by atoms with Crippen LogP contribution in [0.25, 0.3) is 10.9 Å². The van der Waals surface area contributed by atoms with E-state index in [0.29, 0.717) is 0 Å². The van der Waals surface area contributed by atoms with Gasteiger partial charge in [0.1, 0.15) is 5.01 Å². The smallest absolute Gasteiger partial charge is 0.205 e. The second kappa shape index (κ2) is 4.93. The van der Waals surface area contributed by atoms with Crippen LogP contribution in [0.15, 0.2) is 30.3 Å². The summed E-state index contributed by atoms with van der Waals surface area (Å²) in [4.78, 5) is 4.54. The van der Waals surface area contributed by atoms with Gasteiger partial charge in [0.25, 0.3) is 0 Å². The maximum Gasteiger partial charge on any atom is 0.205 e. The quantitative estimate of drug-likeness (QED) is 0.793. The zero-order valence-electron chi connectivity index (χ0n) is 10.8. The largest absolute Gasteiger partial charge is 0.356 e. The molecule has 19 heavy (non-hydrogen) atoms. The lowest BCUT2D eigenvalue weighted by atomic mass is 10.1. The van der Waals surface area contributed by atoms with Crippen molar-refractivity contribution < 1.29 is 0 Å². The summed E-state index contributed by atoms with van der Waals surface area (Å²) in [5, 5.41) is 14.4. The van der Waals surface area contributed by atoms with E-state index in [1.165, 1.54) is 10.9 Å². The Kier molecular flexibility index (Phi) is 3.13.